The van der Waals surface area contributed by atoms with Gasteiger partial charge in [0.2, 0.25) is 15.9 Å². The van der Waals surface area contributed by atoms with Crippen molar-refractivity contribution >= 4 is 15.9 Å². The summed E-state index contributed by atoms with van der Waals surface area (Å²) in [5.74, 6) is -0.161. The Morgan fingerprint density at radius 3 is 2.81 bits per heavy atom. The zero-order valence-electron chi connectivity index (χ0n) is 14.9. The predicted octanol–water partition coefficient (Wildman–Crippen LogP) is 1.08. The molecule has 1 aliphatic rings. The Morgan fingerprint density at radius 2 is 2.12 bits per heavy atom. The van der Waals surface area contributed by atoms with Gasteiger partial charge < -0.3 is 5.32 Å². The first-order valence-electron chi connectivity index (χ1n) is 8.56. The molecule has 1 atom stereocenters. The molecule has 140 valence electrons. The average Bonchev–Trinajstić information content (AvgIpc) is 3.09. The minimum atomic E-state index is -3.39. The van der Waals surface area contributed by atoms with E-state index in [2.05, 4.69) is 15.4 Å². The Bertz CT molecular complexity index is 864. The first-order valence-corrected chi connectivity index (χ1v) is 10.1. The number of amides is 1. The summed E-state index contributed by atoms with van der Waals surface area (Å²) in [4.78, 5) is 16.5. The van der Waals surface area contributed by atoms with Crippen molar-refractivity contribution in [2.75, 3.05) is 6.54 Å². The maximum Gasteiger partial charge on any atom is 0.222 e. The highest BCUT2D eigenvalue weighted by molar-refractivity contribution is 7.89. The minimum Gasteiger partial charge on any atom is -0.350 e. The zero-order valence-corrected chi connectivity index (χ0v) is 15.7. The zero-order chi connectivity index (χ0) is 18.7. The number of hydrogen-bond acceptors (Lipinski definition) is 5. The van der Waals surface area contributed by atoms with Crippen LogP contribution in [-0.4, -0.2) is 45.2 Å². The second-order valence-corrected chi connectivity index (χ2v) is 9.10. The Hall–Kier alpha value is -2.26. The summed E-state index contributed by atoms with van der Waals surface area (Å²) in [6.07, 6.45) is 3.47. The molecule has 8 nitrogen and oxygen atoms in total. The summed E-state index contributed by atoms with van der Waals surface area (Å²) < 4.78 is 28.3. The van der Waals surface area contributed by atoms with Crippen LogP contribution < -0.4 is 5.32 Å². The molecule has 1 unspecified atom stereocenters. The van der Waals surface area contributed by atoms with E-state index in [-0.39, 0.29) is 31.5 Å². The molecule has 0 fully saturated rings. The molecule has 0 bridgehead atoms. The van der Waals surface area contributed by atoms with Gasteiger partial charge in [-0.05, 0) is 32.0 Å². The van der Waals surface area contributed by atoms with E-state index >= 15 is 0 Å². The van der Waals surface area contributed by atoms with E-state index in [0.717, 1.165) is 11.4 Å². The van der Waals surface area contributed by atoms with Crippen LogP contribution in [0.15, 0.2) is 36.7 Å². The Labute approximate surface area is 153 Å². The van der Waals surface area contributed by atoms with Crippen LogP contribution in [0, 0.1) is 0 Å². The molecule has 0 saturated carbocycles. The lowest BCUT2D eigenvalue weighted by Gasteiger charge is -2.33. The monoisotopic (exact) mass is 377 g/mol. The summed E-state index contributed by atoms with van der Waals surface area (Å²) in [5.41, 5.74) is 1.57. The number of rotatable bonds is 6. The van der Waals surface area contributed by atoms with Gasteiger partial charge in [0.1, 0.15) is 0 Å². The van der Waals surface area contributed by atoms with Gasteiger partial charge in [-0.3, -0.25) is 14.5 Å². The van der Waals surface area contributed by atoms with E-state index in [1.807, 2.05) is 18.2 Å². The molecule has 9 heteroatoms. The van der Waals surface area contributed by atoms with Crippen molar-refractivity contribution in [2.24, 2.45) is 0 Å². The van der Waals surface area contributed by atoms with Gasteiger partial charge >= 0.3 is 0 Å². The molecule has 0 radical (unpaired) electrons. The van der Waals surface area contributed by atoms with Crippen LogP contribution in [0.3, 0.4) is 0 Å². The maximum absolute atomic E-state index is 12.5. The number of nitrogens with one attached hydrogen (secondary N) is 1. The van der Waals surface area contributed by atoms with Crippen LogP contribution in [0.4, 0.5) is 0 Å². The van der Waals surface area contributed by atoms with Crippen LogP contribution in [0.1, 0.15) is 37.7 Å². The van der Waals surface area contributed by atoms with Crippen molar-refractivity contribution in [2.45, 2.75) is 44.6 Å². The average molecular weight is 377 g/mol. The van der Waals surface area contributed by atoms with Gasteiger partial charge in [0, 0.05) is 18.9 Å². The number of hydrogen-bond donors (Lipinski definition) is 1. The quantitative estimate of drug-likeness (QED) is 0.812. The lowest BCUT2D eigenvalue weighted by Crippen LogP contribution is -2.45. The van der Waals surface area contributed by atoms with Crippen LogP contribution in [0.25, 0.3) is 0 Å². The summed E-state index contributed by atoms with van der Waals surface area (Å²) in [5, 5.41) is 6.60. The fourth-order valence-electron chi connectivity index (χ4n) is 2.97. The van der Waals surface area contributed by atoms with E-state index in [4.69, 9.17) is 0 Å². The number of aromatic nitrogens is 3. The van der Waals surface area contributed by atoms with Gasteiger partial charge in [0.15, 0.2) is 0 Å². The summed E-state index contributed by atoms with van der Waals surface area (Å²) in [6.45, 7) is 4.19. The molecule has 2 aromatic heterocycles. The maximum atomic E-state index is 12.5. The lowest BCUT2D eigenvalue weighted by atomic mass is 10.1. The molecule has 0 aromatic carbocycles. The first-order chi connectivity index (χ1) is 12.4. The number of pyridine rings is 1. The van der Waals surface area contributed by atoms with Crippen molar-refractivity contribution in [1.29, 1.82) is 0 Å². The fourth-order valence-corrected chi connectivity index (χ4v) is 4.26. The highest BCUT2D eigenvalue weighted by atomic mass is 32.2. The van der Waals surface area contributed by atoms with Crippen LogP contribution in [0.2, 0.25) is 0 Å². The third-order valence-corrected chi connectivity index (χ3v) is 6.61. The fraction of sp³-hybridized carbons (Fsp3) is 0.471. The second-order valence-electron chi connectivity index (χ2n) is 6.61. The molecule has 3 heterocycles. The second kappa shape index (κ2) is 7.55. The van der Waals surface area contributed by atoms with Crippen molar-refractivity contribution in [3.63, 3.8) is 0 Å². The van der Waals surface area contributed by atoms with Gasteiger partial charge in [-0.25, -0.2) is 8.42 Å². The number of sulfonamides is 1. The highest BCUT2D eigenvalue weighted by Crippen LogP contribution is 2.26. The predicted molar refractivity (Wildman–Crippen MR) is 96.4 cm³/mol. The Kier molecular flexibility index (Phi) is 5.38. The van der Waals surface area contributed by atoms with Crippen LogP contribution >= 0.6 is 0 Å². The van der Waals surface area contributed by atoms with Crippen molar-refractivity contribution in [1.82, 2.24) is 24.4 Å². The summed E-state index contributed by atoms with van der Waals surface area (Å²) in [7, 11) is -3.39. The van der Waals surface area contributed by atoms with E-state index in [1.54, 1.807) is 37.0 Å². The molecular weight excluding hydrogens is 354 g/mol. The molecule has 3 rings (SSSR count). The number of carbonyl (C=O) groups is 1. The molecule has 0 saturated heterocycles. The van der Waals surface area contributed by atoms with Gasteiger partial charge in [0.05, 0.1) is 42.2 Å². The highest BCUT2D eigenvalue weighted by Gasteiger charge is 2.35. The van der Waals surface area contributed by atoms with Crippen molar-refractivity contribution in [3.05, 3.63) is 48.0 Å². The smallest absolute Gasteiger partial charge is 0.222 e. The minimum absolute atomic E-state index is 0.158. The molecule has 0 aliphatic carbocycles. The van der Waals surface area contributed by atoms with Gasteiger partial charge in [-0.15, -0.1) is 0 Å². The third kappa shape index (κ3) is 3.94. The number of nitrogens with zero attached hydrogens (tertiary/aromatic N) is 4. The molecule has 1 N–H and O–H groups in total. The van der Waals surface area contributed by atoms with E-state index < -0.39 is 15.3 Å². The molecular formula is C17H23N5O3S. The standard InChI is InChI=1S/C17H23N5O3S/c1-13(2)26(24,25)21-11-15-6-8-20-22(15)16(12-21)9-17(23)19-10-14-5-3-4-7-18-14/h3-8,13,16H,9-12H2,1-2H3,(H,19,23). The van der Waals surface area contributed by atoms with Crippen LogP contribution in [-0.2, 0) is 27.9 Å². The normalized spacial score (nSPS) is 17.9. The van der Waals surface area contributed by atoms with Gasteiger partial charge in [-0.1, -0.05) is 6.07 Å². The van der Waals surface area contributed by atoms with Gasteiger partial charge in [-0.2, -0.15) is 9.40 Å². The molecule has 1 aliphatic heterocycles. The molecule has 2 aromatic rings. The Balaban J connectivity index is 1.69. The molecule has 1 amide bonds. The van der Waals surface area contributed by atoms with E-state index in [0.29, 0.717) is 6.54 Å². The first kappa shape index (κ1) is 18.5. The molecule has 26 heavy (non-hydrogen) atoms. The van der Waals surface area contributed by atoms with E-state index in [9.17, 15) is 13.2 Å². The van der Waals surface area contributed by atoms with Gasteiger partial charge in [0.25, 0.3) is 0 Å². The summed E-state index contributed by atoms with van der Waals surface area (Å²) in [6, 6.07) is 6.98. The topological polar surface area (TPSA) is 97.2 Å². The Morgan fingerprint density at radius 1 is 1.31 bits per heavy atom. The van der Waals surface area contributed by atoms with Crippen molar-refractivity contribution < 1.29 is 13.2 Å². The third-order valence-electron chi connectivity index (χ3n) is 4.42. The SMILES string of the molecule is CC(C)S(=O)(=O)N1Cc2ccnn2C(CC(=O)NCc2ccccn2)C1. The van der Waals surface area contributed by atoms with E-state index in [1.165, 1.54) is 4.31 Å². The largest absolute Gasteiger partial charge is 0.350 e. The van der Waals surface area contributed by atoms with Crippen LogP contribution in [0.5, 0.6) is 0 Å². The summed E-state index contributed by atoms with van der Waals surface area (Å²) >= 11 is 0. The number of fused-ring (bicyclic) bond motifs is 1. The lowest BCUT2D eigenvalue weighted by molar-refractivity contribution is -0.122. The van der Waals surface area contributed by atoms with Crippen molar-refractivity contribution in [3.8, 4) is 0 Å². The number of carbonyl (C=O) groups excluding carboxylic acids is 1. The molecule has 0 spiro atoms.